The number of nitrogens with zero attached hydrogens (tertiary/aromatic N) is 4. The maximum atomic E-state index is 10.9. The van der Waals surface area contributed by atoms with Gasteiger partial charge in [0.15, 0.2) is 11.1 Å². The van der Waals surface area contributed by atoms with E-state index in [1.54, 1.807) is 12.1 Å². The maximum absolute atomic E-state index is 10.9. The molecule has 0 amide bonds. The first kappa shape index (κ1) is 18.0. The summed E-state index contributed by atoms with van der Waals surface area (Å²) in [6.45, 7) is 3.39. The van der Waals surface area contributed by atoms with E-state index >= 15 is 0 Å². The van der Waals surface area contributed by atoms with Crippen LogP contribution < -0.4 is 4.74 Å². The monoisotopic (exact) mass is 392 g/mol. The second kappa shape index (κ2) is 7.32. The third kappa shape index (κ3) is 3.54. The molecule has 2 heterocycles. The molecule has 1 atom stereocenters. The number of carboxylic acid groups (broad SMARTS) is 1. The maximum Gasteiger partial charge on any atom is 0.344 e. The van der Waals surface area contributed by atoms with Crippen LogP contribution in [0.3, 0.4) is 0 Å². The van der Waals surface area contributed by atoms with E-state index in [1.165, 1.54) is 18.3 Å². The number of ether oxygens (including phenoxy) is 1. The van der Waals surface area contributed by atoms with Crippen molar-refractivity contribution < 1.29 is 14.6 Å². The zero-order valence-corrected chi connectivity index (χ0v) is 16.0. The highest BCUT2D eigenvalue weighted by atomic mass is 32.1. The first-order valence-corrected chi connectivity index (χ1v) is 9.40. The molecule has 7 nitrogen and oxygen atoms in total. The third-order valence-corrected chi connectivity index (χ3v) is 5.11. The van der Waals surface area contributed by atoms with Gasteiger partial charge in [0, 0.05) is 5.56 Å². The van der Waals surface area contributed by atoms with Crippen LogP contribution in [0, 0.1) is 6.92 Å². The molecule has 4 aromatic rings. The molecule has 0 unspecified atom stereocenters. The third-order valence-electron chi connectivity index (χ3n) is 4.13. The van der Waals surface area contributed by atoms with E-state index in [-0.39, 0.29) is 0 Å². The molecule has 2 aromatic carbocycles. The summed E-state index contributed by atoms with van der Waals surface area (Å²) in [7, 11) is 0. The molecule has 0 aliphatic heterocycles. The first-order chi connectivity index (χ1) is 13.5. The van der Waals surface area contributed by atoms with Crippen LogP contribution in [0.15, 0.2) is 48.5 Å². The lowest BCUT2D eigenvalue weighted by atomic mass is 10.2. The van der Waals surface area contributed by atoms with Crippen molar-refractivity contribution in [2.75, 3.05) is 0 Å². The average molecular weight is 392 g/mol. The van der Waals surface area contributed by atoms with E-state index in [0.717, 1.165) is 33.0 Å². The topological polar surface area (TPSA) is 98.1 Å². The van der Waals surface area contributed by atoms with Gasteiger partial charge in [-0.2, -0.15) is 0 Å². The molecule has 0 aliphatic carbocycles. The Hall–Kier alpha value is -3.39. The van der Waals surface area contributed by atoms with E-state index in [4.69, 9.17) is 9.84 Å². The van der Waals surface area contributed by atoms with Crippen molar-refractivity contribution in [2.45, 2.75) is 20.0 Å². The standard InChI is InChI=1S/C20H16N4O3S/c1-11-17(22-16-6-4-3-5-15(16)21-11)19-24-23-18(28-19)13-7-9-14(10-8-13)27-12(2)20(25)26/h3-10,12H,1-2H3,(H,25,26)/t12-/m0/s1. The lowest BCUT2D eigenvalue weighted by molar-refractivity contribution is -0.144. The smallest absolute Gasteiger partial charge is 0.344 e. The number of aliphatic carboxylic acids is 1. The number of aryl methyl sites for hydroxylation is 1. The summed E-state index contributed by atoms with van der Waals surface area (Å²) < 4.78 is 5.35. The minimum absolute atomic E-state index is 0.486. The summed E-state index contributed by atoms with van der Waals surface area (Å²) >= 11 is 1.43. The fourth-order valence-electron chi connectivity index (χ4n) is 2.66. The Bertz CT molecular complexity index is 1160. The van der Waals surface area contributed by atoms with Crippen molar-refractivity contribution in [2.24, 2.45) is 0 Å². The van der Waals surface area contributed by atoms with Gasteiger partial charge in [-0.3, -0.25) is 0 Å². The molecule has 0 saturated heterocycles. The van der Waals surface area contributed by atoms with Gasteiger partial charge in [-0.05, 0) is 50.2 Å². The van der Waals surface area contributed by atoms with E-state index < -0.39 is 12.1 Å². The number of aromatic nitrogens is 4. The Morgan fingerprint density at radius 3 is 2.32 bits per heavy atom. The van der Waals surface area contributed by atoms with E-state index in [0.29, 0.717) is 10.8 Å². The molecule has 0 bridgehead atoms. The molecule has 4 rings (SSSR count). The second-order valence-corrected chi connectivity index (χ2v) is 7.16. The average Bonchev–Trinajstić information content (AvgIpc) is 3.18. The van der Waals surface area contributed by atoms with Gasteiger partial charge in [0.25, 0.3) is 0 Å². The van der Waals surface area contributed by atoms with Crippen LogP contribution in [0.2, 0.25) is 0 Å². The van der Waals surface area contributed by atoms with Gasteiger partial charge in [-0.25, -0.2) is 14.8 Å². The molecule has 0 radical (unpaired) electrons. The fraction of sp³-hybridized carbons (Fsp3) is 0.150. The molecule has 0 fully saturated rings. The zero-order valence-electron chi connectivity index (χ0n) is 15.2. The number of fused-ring (bicyclic) bond motifs is 1. The van der Waals surface area contributed by atoms with Gasteiger partial charge < -0.3 is 9.84 Å². The Kier molecular flexibility index (Phi) is 4.70. The van der Waals surface area contributed by atoms with Crippen molar-refractivity contribution in [3.05, 3.63) is 54.2 Å². The SMILES string of the molecule is Cc1nc2ccccc2nc1-c1nnc(-c2ccc(O[C@@H](C)C(=O)O)cc2)s1. The zero-order chi connectivity index (χ0) is 19.7. The number of carboxylic acids is 1. The van der Waals surface area contributed by atoms with Crippen LogP contribution in [-0.2, 0) is 4.79 Å². The quantitative estimate of drug-likeness (QED) is 0.548. The largest absolute Gasteiger partial charge is 0.479 e. The van der Waals surface area contributed by atoms with Gasteiger partial charge >= 0.3 is 5.97 Å². The fourth-order valence-corrected chi connectivity index (χ4v) is 3.55. The number of rotatable bonds is 5. The number of para-hydroxylation sites is 2. The molecule has 140 valence electrons. The summed E-state index contributed by atoms with van der Waals surface area (Å²) in [6.07, 6.45) is -0.909. The van der Waals surface area contributed by atoms with Crippen LogP contribution in [0.5, 0.6) is 5.75 Å². The van der Waals surface area contributed by atoms with Crippen molar-refractivity contribution in [1.29, 1.82) is 0 Å². The number of carbonyl (C=O) groups is 1. The van der Waals surface area contributed by atoms with Gasteiger partial charge in [0.05, 0.1) is 16.7 Å². The molecule has 28 heavy (non-hydrogen) atoms. The minimum Gasteiger partial charge on any atom is -0.479 e. The van der Waals surface area contributed by atoms with E-state index in [1.807, 2.05) is 43.3 Å². The summed E-state index contributed by atoms with van der Waals surface area (Å²) in [4.78, 5) is 20.2. The Morgan fingerprint density at radius 2 is 1.64 bits per heavy atom. The van der Waals surface area contributed by atoms with Crippen LogP contribution in [0.4, 0.5) is 0 Å². The van der Waals surface area contributed by atoms with Gasteiger partial charge in [-0.1, -0.05) is 23.5 Å². The highest BCUT2D eigenvalue weighted by molar-refractivity contribution is 7.17. The van der Waals surface area contributed by atoms with Gasteiger partial charge in [0.1, 0.15) is 16.5 Å². The Morgan fingerprint density at radius 1 is 1.00 bits per heavy atom. The highest BCUT2D eigenvalue weighted by Gasteiger charge is 2.15. The molecule has 0 aliphatic rings. The van der Waals surface area contributed by atoms with Crippen molar-refractivity contribution in [3.63, 3.8) is 0 Å². The molecule has 0 saturated carbocycles. The predicted molar refractivity (Wildman–Crippen MR) is 106 cm³/mol. The van der Waals surface area contributed by atoms with Gasteiger partial charge in [0.2, 0.25) is 0 Å². The number of hydrogen-bond acceptors (Lipinski definition) is 7. The lowest BCUT2D eigenvalue weighted by Crippen LogP contribution is -2.22. The van der Waals surface area contributed by atoms with E-state index in [9.17, 15) is 4.79 Å². The molecular formula is C20H16N4O3S. The minimum atomic E-state index is -1.01. The summed E-state index contributed by atoms with van der Waals surface area (Å²) in [6, 6.07) is 14.8. The Labute approximate surface area is 164 Å². The summed E-state index contributed by atoms with van der Waals surface area (Å²) in [5, 5.41) is 18.9. The highest BCUT2D eigenvalue weighted by Crippen LogP contribution is 2.31. The Balaban J connectivity index is 1.61. The molecule has 2 aromatic heterocycles. The van der Waals surface area contributed by atoms with E-state index in [2.05, 4.69) is 20.2 Å². The first-order valence-electron chi connectivity index (χ1n) is 8.58. The lowest BCUT2D eigenvalue weighted by Gasteiger charge is -2.10. The van der Waals surface area contributed by atoms with Crippen molar-refractivity contribution in [1.82, 2.24) is 20.2 Å². The normalized spacial score (nSPS) is 12.1. The van der Waals surface area contributed by atoms with Crippen LogP contribution >= 0.6 is 11.3 Å². The molecule has 8 heteroatoms. The van der Waals surface area contributed by atoms with Crippen molar-refractivity contribution >= 4 is 28.3 Å². The van der Waals surface area contributed by atoms with Gasteiger partial charge in [-0.15, -0.1) is 10.2 Å². The van der Waals surface area contributed by atoms with Crippen LogP contribution in [0.25, 0.3) is 32.3 Å². The van der Waals surface area contributed by atoms with Crippen molar-refractivity contribution in [3.8, 4) is 27.0 Å². The molecule has 0 spiro atoms. The summed E-state index contributed by atoms with van der Waals surface area (Å²) in [5.41, 5.74) is 4.05. The molecular weight excluding hydrogens is 376 g/mol. The van der Waals surface area contributed by atoms with Crippen LogP contribution in [0.1, 0.15) is 12.6 Å². The molecule has 1 N–H and O–H groups in total. The predicted octanol–water partition coefficient (Wildman–Crippen LogP) is 3.98. The second-order valence-electron chi connectivity index (χ2n) is 6.18. The van der Waals surface area contributed by atoms with Crippen LogP contribution in [-0.4, -0.2) is 37.3 Å². The summed E-state index contributed by atoms with van der Waals surface area (Å²) in [5.74, 6) is -0.524. The number of benzene rings is 2. The number of hydrogen-bond donors (Lipinski definition) is 1.